The number of ether oxygens (including phenoxy) is 1. The van der Waals surface area contributed by atoms with Crippen molar-refractivity contribution < 1.29 is 19.1 Å². The molecule has 2 aromatic rings. The lowest BCUT2D eigenvalue weighted by Gasteiger charge is -2.22. The van der Waals surface area contributed by atoms with Crippen LogP contribution in [0, 0.1) is 0 Å². The summed E-state index contributed by atoms with van der Waals surface area (Å²) in [5.74, 6) is -2.25. The summed E-state index contributed by atoms with van der Waals surface area (Å²) in [5.41, 5.74) is 2.88. The second-order valence-electron chi connectivity index (χ2n) is 8.64. The molecule has 0 radical (unpaired) electrons. The Balaban J connectivity index is 2.06. The first kappa shape index (κ1) is 22.2. The van der Waals surface area contributed by atoms with Gasteiger partial charge in [-0.15, -0.1) is 0 Å². The number of carbonyl (C=O) groups excluding carboxylic acids is 3. The highest BCUT2D eigenvalue weighted by atomic mass is 16.5. The van der Waals surface area contributed by atoms with E-state index in [0.29, 0.717) is 16.8 Å². The second-order valence-corrected chi connectivity index (χ2v) is 8.64. The lowest BCUT2D eigenvalue weighted by molar-refractivity contribution is -0.136. The predicted octanol–water partition coefficient (Wildman–Crippen LogP) is 4.69. The maximum absolute atomic E-state index is 13.5. The van der Waals surface area contributed by atoms with Gasteiger partial charge >= 0.3 is 5.97 Å². The predicted molar refractivity (Wildman–Crippen MR) is 121 cm³/mol. The molecule has 2 amide bonds. The summed E-state index contributed by atoms with van der Waals surface area (Å²) in [4.78, 5) is 40.1. The van der Waals surface area contributed by atoms with Crippen molar-refractivity contribution in [3.8, 4) is 0 Å². The van der Waals surface area contributed by atoms with Crippen LogP contribution in [0.1, 0.15) is 44.7 Å². The van der Waals surface area contributed by atoms with Gasteiger partial charge in [-0.2, -0.15) is 0 Å². The van der Waals surface area contributed by atoms with Gasteiger partial charge < -0.3 is 4.74 Å². The average Bonchev–Trinajstić information content (AvgIpc) is 2.97. The molecule has 0 N–H and O–H groups in total. The number of amides is 2. The zero-order chi connectivity index (χ0) is 22.9. The molecule has 31 heavy (non-hydrogen) atoms. The Morgan fingerprint density at radius 3 is 2.06 bits per heavy atom. The van der Waals surface area contributed by atoms with Gasteiger partial charge in [0.1, 0.15) is 0 Å². The van der Waals surface area contributed by atoms with Gasteiger partial charge in [-0.25, -0.2) is 9.69 Å². The van der Waals surface area contributed by atoms with Gasteiger partial charge in [-0.05, 0) is 35.6 Å². The Morgan fingerprint density at radius 2 is 1.55 bits per heavy atom. The number of benzene rings is 2. The van der Waals surface area contributed by atoms with Crippen molar-refractivity contribution in [3.63, 3.8) is 0 Å². The Kier molecular flexibility index (Phi) is 5.98. The van der Waals surface area contributed by atoms with E-state index in [4.69, 9.17) is 4.74 Å². The Bertz CT molecular complexity index is 1070. The summed E-state index contributed by atoms with van der Waals surface area (Å²) in [6.07, 6.45) is 0. The lowest BCUT2D eigenvalue weighted by atomic mass is 9.83. The van der Waals surface area contributed by atoms with Gasteiger partial charge in [0.2, 0.25) is 0 Å². The van der Waals surface area contributed by atoms with Crippen molar-refractivity contribution in [1.29, 1.82) is 0 Å². The molecule has 0 aliphatic carbocycles. The van der Waals surface area contributed by atoms with Crippen LogP contribution >= 0.6 is 0 Å². The van der Waals surface area contributed by atoms with Crippen LogP contribution in [0.15, 0.2) is 77.9 Å². The minimum Gasteiger partial charge on any atom is -0.466 e. The monoisotopic (exact) mass is 417 g/mol. The van der Waals surface area contributed by atoms with Crippen molar-refractivity contribution in [1.82, 2.24) is 0 Å². The van der Waals surface area contributed by atoms with Crippen molar-refractivity contribution in [2.24, 2.45) is 0 Å². The standard InChI is InChI=1S/C26H27NO4/c1-16-22(21(17(2)25(30)31-6)18-10-8-7-9-11-18)24(29)27(23(16)28)20-14-12-19(13-15-20)26(3,4)5/h7-15,21H,2H2,1,3-6H3/t21-/m0/s1. The van der Waals surface area contributed by atoms with Crippen LogP contribution in [-0.4, -0.2) is 24.9 Å². The van der Waals surface area contributed by atoms with Crippen LogP contribution in [0.4, 0.5) is 5.69 Å². The third-order valence-electron chi connectivity index (χ3n) is 5.57. The Hall–Kier alpha value is -3.47. The lowest BCUT2D eigenvalue weighted by Crippen LogP contribution is -2.32. The smallest absolute Gasteiger partial charge is 0.334 e. The number of esters is 1. The summed E-state index contributed by atoms with van der Waals surface area (Å²) in [6, 6.07) is 16.5. The molecule has 1 atom stereocenters. The zero-order valence-corrected chi connectivity index (χ0v) is 18.6. The molecule has 3 rings (SSSR count). The first-order chi connectivity index (χ1) is 14.6. The topological polar surface area (TPSA) is 63.7 Å². The average molecular weight is 418 g/mol. The number of imide groups is 1. The maximum atomic E-state index is 13.5. The van der Waals surface area contributed by atoms with Gasteiger partial charge in [0.05, 0.1) is 12.8 Å². The minimum atomic E-state index is -0.774. The van der Waals surface area contributed by atoms with Gasteiger partial charge in [-0.1, -0.05) is 69.8 Å². The number of methoxy groups -OCH3 is 1. The molecule has 5 heteroatoms. The normalized spacial score (nSPS) is 15.3. The number of nitrogens with zero attached hydrogens (tertiary/aromatic N) is 1. The van der Waals surface area contributed by atoms with Gasteiger partial charge in [0.15, 0.2) is 0 Å². The highest BCUT2D eigenvalue weighted by molar-refractivity contribution is 6.33. The summed E-state index contributed by atoms with van der Waals surface area (Å²) in [6.45, 7) is 11.8. The molecule has 0 fully saturated rings. The molecule has 0 bridgehead atoms. The number of anilines is 1. The molecule has 160 valence electrons. The van der Waals surface area contributed by atoms with Crippen LogP contribution in [0.5, 0.6) is 0 Å². The second kappa shape index (κ2) is 8.34. The van der Waals surface area contributed by atoms with Crippen LogP contribution < -0.4 is 4.90 Å². The van der Waals surface area contributed by atoms with E-state index in [-0.39, 0.29) is 16.6 Å². The van der Waals surface area contributed by atoms with E-state index in [0.717, 1.165) is 10.5 Å². The highest BCUT2D eigenvalue weighted by Crippen LogP contribution is 2.40. The molecule has 0 aromatic heterocycles. The SMILES string of the molecule is C=C(C(=O)OC)[C@H](C1=C(C)C(=O)N(c2ccc(C(C)(C)C)cc2)C1=O)c1ccccc1. The fourth-order valence-electron chi connectivity index (χ4n) is 3.78. The first-order valence-corrected chi connectivity index (χ1v) is 10.1. The highest BCUT2D eigenvalue weighted by Gasteiger charge is 2.42. The zero-order valence-electron chi connectivity index (χ0n) is 18.6. The molecule has 0 saturated carbocycles. The third-order valence-corrected chi connectivity index (χ3v) is 5.57. The number of hydrogen-bond acceptors (Lipinski definition) is 4. The van der Waals surface area contributed by atoms with Gasteiger partial charge in [0, 0.05) is 22.6 Å². The maximum Gasteiger partial charge on any atom is 0.334 e. The molecule has 0 unspecified atom stereocenters. The van der Waals surface area contributed by atoms with Crippen molar-refractivity contribution in [2.75, 3.05) is 12.0 Å². The summed E-state index contributed by atoms with van der Waals surface area (Å²) < 4.78 is 4.86. The molecule has 1 aliphatic rings. The van der Waals surface area contributed by atoms with Crippen molar-refractivity contribution in [2.45, 2.75) is 39.0 Å². The fraction of sp³-hybridized carbons (Fsp3) is 0.269. The van der Waals surface area contributed by atoms with E-state index in [1.165, 1.54) is 7.11 Å². The van der Waals surface area contributed by atoms with Gasteiger partial charge in [-0.3, -0.25) is 9.59 Å². The summed E-state index contributed by atoms with van der Waals surface area (Å²) in [7, 11) is 1.27. The van der Waals surface area contributed by atoms with Crippen LogP contribution in [0.2, 0.25) is 0 Å². The van der Waals surface area contributed by atoms with Crippen molar-refractivity contribution >= 4 is 23.5 Å². The van der Waals surface area contributed by atoms with Crippen LogP contribution in [-0.2, 0) is 24.5 Å². The third kappa shape index (κ3) is 4.08. The number of hydrogen-bond donors (Lipinski definition) is 0. The quantitative estimate of drug-likeness (QED) is 0.402. The molecule has 0 saturated heterocycles. The van der Waals surface area contributed by atoms with Crippen LogP contribution in [0.3, 0.4) is 0 Å². The molecular weight excluding hydrogens is 390 g/mol. The summed E-state index contributed by atoms with van der Waals surface area (Å²) in [5, 5.41) is 0. The molecule has 2 aromatic carbocycles. The summed E-state index contributed by atoms with van der Waals surface area (Å²) >= 11 is 0. The van der Waals surface area contributed by atoms with Gasteiger partial charge in [0.25, 0.3) is 11.8 Å². The van der Waals surface area contributed by atoms with E-state index < -0.39 is 23.7 Å². The largest absolute Gasteiger partial charge is 0.466 e. The molecule has 1 aliphatic heterocycles. The number of carbonyl (C=O) groups is 3. The van der Waals surface area contributed by atoms with Crippen LogP contribution in [0.25, 0.3) is 0 Å². The Morgan fingerprint density at radius 1 is 0.968 bits per heavy atom. The van der Waals surface area contributed by atoms with E-state index in [9.17, 15) is 14.4 Å². The molecule has 0 spiro atoms. The molecule has 5 nitrogen and oxygen atoms in total. The van der Waals surface area contributed by atoms with Crippen molar-refractivity contribution in [3.05, 3.63) is 89.0 Å². The van der Waals surface area contributed by atoms with E-state index >= 15 is 0 Å². The molecule has 1 heterocycles. The van der Waals surface area contributed by atoms with E-state index in [2.05, 4.69) is 27.4 Å². The minimum absolute atomic E-state index is 0.0481. The fourth-order valence-corrected chi connectivity index (χ4v) is 3.78. The van der Waals surface area contributed by atoms with E-state index in [1.54, 1.807) is 31.2 Å². The number of rotatable bonds is 5. The first-order valence-electron chi connectivity index (χ1n) is 10.1. The van der Waals surface area contributed by atoms with E-state index in [1.807, 2.05) is 30.3 Å². The molecular formula is C26H27NO4. The Labute approximate surface area is 183 Å².